The van der Waals surface area contributed by atoms with E-state index < -0.39 is 0 Å². The van der Waals surface area contributed by atoms with Crippen molar-refractivity contribution in [3.8, 4) is 0 Å². The molecule has 4 aliphatic carbocycles. The number of Topliss-reactive ketones (excluding diaryl/α,β-unsaturated/α-hetero) is 1. The standard InChI is InChI=1S/C21H34O/c1-14(22)17-9-10-18-16-8-7-15-6-4-5-12-20(15,2)19(16)11-13-21(17,18)3/h15-19H,4-13H2,1-3H3/t15-,16-,17?,18?,19?,20?,21+/m0/s1. The van der Waals surface area contributed by atoms with E-state index in [0.717, 1.165) is 23.7 Å². The van der Waals surface area contributed by atoms with Gasteiger partial charge in [-0.3, -0.25) is 4.79 Å². The molecule has 0 radical (unpaired) electrons. The van der Waals surface area contributed by atoms with Gasteiger partial charge < -0.3 is 0 Å². The second kappa shape index (κ2) is 5.08. The van der Waals surface area contributed by atoms with Gasteiger partial charge in [-0.25, -0.2) is 0 Å². The molecule has 1 heteroatoms. The third kappa shape index (κ3) is 1.93. The minimum absolute atomic E-state index is 0.338. The van der Waals surface area contributed by atoms with Crippen molar-refractivity contribution in [3.05, 3.63) is 0 Å². The van der Waals surface area contributed by atoms with Gasteiger partial charge in [-0.2, -0.15) is 0 Å². The number of carbonyl (C=O) groups is 1. The molecule has 22 heavy (non-hydrogen) atoms. The lowest BCUT2D eigenvalue weighted by Crippen LogP contribution is -2.53. The normalized spacial score (nSPS) is 54.2. The van der Waals surface area contributed by atoms with Crippen molar-refractivity contribution in [2.75, 3.05) is 0 Å². The van der Waals surface area contributed by atoms with Crippen LogP contribution in [0.1, 0.15) is 85.0 Å². The predicted octanol–water partition coefficient (Wildman–Crippen LogP) is 5.62. The largest absolute Gasteiger partial charge is 0.300 e. The Bertz CT molecular complexity index is 469. The molecular weight excluding hydrogens is 268 g/mol. The summed E-state index contributed by atoms with van der Waals surface area (Å²) in [6.07, 6.45) is 14.1. The summed E-state index contributed by atoms with van der Waals surface area (Å²) < 4.78 is 0. The fourth-order valence-corrected chi connectivity index (χ4v) is 7.96. The molecule has 4 aliphatic rings. The molecule has 4 saturated carbocycles. The van der Waals surface area contributed by atoms with E-state index in [1.165, 1.54) is 64.2 Å². The molecule has 4 fully saturated rings. The maximum Gasteiger partial charge on any atom is 0.133 e. The average molecular weight is 303 g/mol. The average Bonchev–Trinajstić information content (AvgIpc) is 2.84. The summed E-state index contributed by atoms with van der Waals surface area (Å²) in [5.41, 5.74) is 0.974. The van der Waals surface area contributed by atoms with Crippen LogP contribution in [0, 0.1) is 40.4 Å². The first kappa shape index (κ1) is 15.2. The topological polar surface area (TPSA) is 17.1 Å². The lowest BCUT2D eigenvalue weighted by atomic mass is 9.45. The smallest absolute Gasteiger partial charge is 0.133 e. The van der Waals surface area contributed by atoms with Gasteiger partial charge in [-0.15, -0.1) is 0 Å². The fraction of sp³-hybridized carbons (Fsp3) is 0.952. The Morgan fingerprint density at radius 1 is 0.818 bits per heavy atom. The number of hydrogen-bond acceptors (Lipinski definition) is 1. The molecule has 0 amide bonds. The van der Waals surface area contributed by atoms with Crippen LogP contribution >= 0.6 is 0 Å². The van der Waals surface area contributed by atoms with E-state index in [-0.39, 0.29) is 0 Å². The minimum Gasteiger partial charge on any atom is -0.300 e. The van der Waals surface area contributed by atoms with Gasteiger partial charge in [0.1, 0.15) is 5.78 Å². The Hall–Kier alpha value is -0.330. The maximum atomic E-state index is 12.2. The second-order valence-electron chi connectivity index (χ2n) is 9.69. The van der Waals surface area contributed by atoms with Crippen molar-refractivity contribution >= 4 is 5.78 Å². The zero-order valence-corrected chi connectivity index (χ0v) is 14.9. The van der Waals surface area contributed by atoms with E-state index >= 15 is 0 Å². The maximum absolute atomic E-state index is 12.2. The summed E-state index contributed by atoms with van der Waals surface area (Å²) in [7, 11) is 0. The van der Waals surface area contributed by atoms with Crippen LogP contribution in [0.5, 0.6) is 0 Å². The lowest BCUT2D eigenvalue weighted by Gasteiger charge is -2.60. The van der Waals surface area contributed by atoms with Crippen molar-refractivity contribution in [2.45, 2.75) is 85.0 Å². The van der Waals surface area contributed by atoms with Gasteiger partial charge >= 0.3 is 0 Å². The highest BCUT2D eigenvalue weighted by Crippen LogP contribution is 2.67. The summed E-state index contributed by atoms with van der Waals surface area (Å²) in [5.74, 6) is 4.60. The van der Waals surface area contributed by atoms with E-state index in [1.54, 1.807) is 0 Å². The summed E-state index contributed by atoms with van der Waals surface area (Å²) in [6, 6.07) is 0. The molecule has 0 aromatic carbocycles. The van der Waals surface area contributed by atoms with E-state index in [0.29, 0.717) is 22.5 Å². The molecular formula is C21H34O. The van der Waals surface area contributed by atoms with E-state index in [2.05, 4.69) is 13.8 Å². The fourth-order valence-electron chi connectivity index (χ4n) is 7.96. The molecule has 1 nitrogen and oxygen atoms in total. The summed E-state index contributed by atoms with van der Waals surface area (Å²) in [4.78, 5) is 12.2. The van der Waals surface area contributed by atoms with Gasteiger partial charge in [0.2, 0.25) is 0 Å². The zero-order chi connectivity index (χ0) is 15.5. The van der Waals surface area contributed by atoms with Crippen molar-refractivity contribution in [3.63, 3.8) is 0 Å². The lowest BCUT2D eigenvalue weighted by molar-refractivity contribution is -0.133. The highest BCUT2D eigenvalue weighted by molar-refractivity contribution is 5.79. The van der Waals surface area contributed by atoms with Crippen LogP contribution in [0.15, 0.2) is 0 Å². The van der Waals surface area contributed by atoms with Gasteiger partial charge in [-0.05, 0) is 92.8 Å². The van der Waals surface area contributed by atoms with Crippen LogP contribution in [-0.4, -0.2) is 5.78 Å². The molecule has 0 saturated heterocycles. The molecule has 4 unspecified atom stereocenters. The van der Waals surface area contributed by atoms with Gasteiger partial charge in [-0.1, -0.05) is 26.7 Å². The Morgan fingerprint density at radius 2 is 1.59 bits per heavy atom. The highest BCUT2D eigenvalue weighted by Gasteiger charge is 2.60. The van der Waals surface area contributed by atoms with Gasteiger partial charge in [0.25, 0.3) is 0 Å². The molecule has 0 heterocycles. The first-order valence-electron chi connectivity index (χ1n) is 9.97. The number of ketones is 1. The SMILES string of the molecule is CC(=O)C1CCC2[C@@H]3CC[C@@H]4CCCCC4(C)C3CC[C@]12C. The summed E-state index contributed by atoms with van der Waals surface area (Å²) in [5, 5.41) is 0. The Kier molecular flexibility index (Phi) is 3.51. The van der Waals surface area contributed by atoms with Crippen LogP contribution in [0.25, 0.3) is 0 Å². The minimum atomic E-state index is 0.338. The number of rotatable bonds is 1. The second-order valence-corrected chi connectivity index (χ2v) is 9.69. The van der Waals surface area contributed by atoms with Crippen LogP contribution in [0.2, 0.25) is 0 Å². The monoisotopic (exact) mass is 302 g/mol. The van der Waals surface area contributed by atoms with Crippen LogP contribution < -0.4 is 0 Å². The molecule has 0 aromatic heterocycles. The van der Waals surface area contributed by atoms with Gasteiger partial charge in [0.15, 0.2) is 0 Å². The van der Waals surface area contributed by atoms with Gasteiger partial charge in [0.05, 0.1) is 0 Å². The highest BCUT2D eigenvalue weighted by atomic mass is 16.1. The third-order valence-electron chi connectivity index (χ3n) is 9.07. The van der Waals surface area contributed by atoms with Crippen molar-refractivity contribution in [1.82, 2.24) is 0 Å². The van der Waals surface area contributed by atoms with E-state index in [9.17, 15) is 4.79 Å². The molecule has 0 bridgehead atoms. The van der Waals surface area contributed by atoms with E-state index in [1.807, 2.05) is 6.92 Å². The summed E-state index contributed by atoms with van der Waals surface area (Å²) >= 11 is 0. The Balaban J connectivity index is 1.63. The first-order chi connectivity index (χ1) is 10.5. The van der Waals surface area contributed by atoms with Crippen LogP contribution in [-0.2, 0) is 4.79 Å². The number of carbonyl (C=O) groups excluding carboxylic acids is 1. The van der Waals surface area contributed by atoms with Crippen molar-refractivity contribution < 1.29 is 4.79 Å². The predicted molar refractivity (Wildman–Crippen MR) is 90.5 cm³/mol. The third-order valence-corrected chi connectivity index (χ3v) is 9.07. The van der Waals surface area contributed by atoms with Crippen LogP contribution in [0.4, 0.5) is 0 Å². The Labute approximate surface area is 136 Å². The molecule has 7 atom stereocenters. The molecule has 0 spiro atoms. The number of hydrogen-bond donors (Lipinski definition) is 0. The van der Waals surface area contributed by atoms with Crippen molar-refractivity contribution in [1.29, 1.82) is 0 Å². The van der Waals surface area contributed by atoms with E-state index in [4.69, 9.17) is 0 Å². The molecule has 124 valence electrons. The van der Waals surface area contributed by atoms with Gasteiger partial charge in [0, 0.05) is 5.92 Å². The molecule has 0 aromatic rings. The van der Waals surface area contributed by atoms with Crippen LogP contribution in [0.3, 0.4) is 0 Å². The molecule has 4 rings (SSSR count). The molecule has 0 aliphatic heterocycles. The zero-order valence-electron chi connectivity index (χ0n) is 14.9. The summed E-state index contributed by atoms with van der Waals surface area (Å²) in [6.45, 7) is 6.97. The number of fused-ring (bicyclic) bond motifs is 5. The molecule has 0 N–H and O–H groups in total. The van der Waals surface area contributed by atoms with Crippen molar-refractivity contribution in [2.24, 2.45) is 40.4 Å². The quantitative estimate of drug-likeness (QED) is 0.614. The first-order valence-corrected chi connectivity index (χ1v) is 9.97. The Morgan fingerprint density at radius 3 is 2.36 bits per heavy atom.